The van der Waals surface area contributed by atoms with Gasteiger partial charge < -0.3 is 15.4 Å². The van der Waals surface area contributed by atoms with Crippen LogP contribution in [0.15, 0.2) is 36.2 Å². The molecule has 1 aromatic carbocycles. The molecule has 0 bridgehead atoms. The van der Waals surface area contributed by atoms with E-state index in [1.165, 1.54) is 0 Å². The molecule has 1 amide bonds. The molecule has 0 saturated carbocycles. The summed E-state index contributed by atoms with van der Waals surface area (Å²) in [6, 6.07) is 7.08. The van der Waals surface area contributed by atoms with Gasteiger partial charge in [0.2, 0.25) is 0 Å². The second-order valence-corrected chi connectivity index (χ2v) is 5.13. The highest BCUT2D eigenvalue weighted by molar-refractivity contribution is 5.94. The van der Waals surface area contributed by atoms with Crippen LogP contribution in [-0.2, 0) is 0 Å². The number of nitrogens with two attached hydrogens (primary N) is 1. The molecular formula is C17H25FN2O2. The molecule has 1 unspecified atom stereocenters. The van der Waals surface area contributed by atoms with Crippen LogP contribution in [0.5, 0.6) is 5.75 Å². The zero-order valence-electron chi connectivity index (χ0n) is 13.5. The Kier molecular flexibility index (Phi) is 7.60. The van der Waals surface area contributed by atoms with Crippen LogP contribution in [0.3, 0.4) is 0 Å². The predicted octanol–water partition coefficient (Wildman–Crippen LogP) is 3.14. The third kappa shape index (κ3) is 4.84. The minimum absolute atomic E-state index is 0.00898. The number of amides is 1. The van der Waals surface area contributed by atoms with Gasteiger partial charge >= 0.3 is 0 Å². The van der Waals surface area contributed by atoms with E-state index in [4.69, 9.17) is 10.5 Å². The fourth-order valence-corrected chi connectivity index (χ4v) is 2.05. The monoisotopic (exact) mass is 308 g/mol. The van der Waals surface area contributed by atoms with Crippen LogP contribution in [0.4, 0.5) is 4.39 Å². The van der Waals surface area contributed by atoms with Crippen molar-refractivity contribution >= 4 is 5.91 Å². The van der Waals surface area contributed by atoms with Gasteiger partial charge in [-0.25, -0.2) is 4.39 Å². The van der Waals surface area contributed by atoms with Gasteiger partial charge in [-0.05, 0) is 44.5 Å². The van der Waals surface area contributed by atoms with E-state index in [1.807, 2.05) is 18.7 Å². The van der Waals surface area contributed by atoms with Crippen molar-refractivity contribution in [3.05, 3.63) is 41.7 Å². The van der Waals surface area contributed by atoms with Crippen molar-refractivity contribution in [2.75, 3.05) is 19.7 Å². The Morgan fingerprint density at radius 1 is 1.36 bits per heavy atom. The Hall–Kier alpha value is -1.88. The number of carbonyl (C=O) groups excluding carboxylic acids is 1. The zero-order valence-corrected chi connectivity index (χ0v) is 13.5. The molecule has 4 nitrogen and oxygen atoms in total. The van der Waals surface area contributed by atoms with Crippen molar-refractivity contribution in [3.8, 4) is 5.75 Å². The number of ether oxygens (including phenoxy) is 1. The molecule has 2 N–H and O–H groups in total. The SMILES string of the molecule is CCC(C)N(CC)C(=O)c1ccc(OCC(=CF)CN)cc1. The van der Waals surface area contributed by atoms with Crippen molar-refractivity contribution < 1.29 is 13.9 Å². The average Bonchev–Trinajstić information content (AvgIpc) is 2.56. The Bertz CT molecular complexity index is 500. The summed E-state index contributed by atoms with van der Waals surface area (Å²) in [6.45, 7) is 6.97. The largest absolute Gasteiger partial charge is 0.489 e. The minimum Gasteiger partial charge on any atom is -0.489 e. The highest BCUT2D eigenvalue weighted by atomic mass is 19.1. The van der Waals surface area contributed by atoms with Crippen molar-refractivity contribution in [2.45, 2.75) is 33.2 Å². The fourth-order valence-electron chi connectivity index (χ4n) is 2.05. The molecule has 0 fully saturated rings. The van der Waals surface area contributed by atoms with Gasteiger partial charge in [-0.3, -0.25) is 4.79 Å². The number of benzene rings is 1. The van der Waals surface area contributed by atoms with Gasteiger partial charge in [0.1, 0.15) is 12.4 Å². The van der Waals surface area contributed by atoms with E-state index < -0.39 is 0 Å². The van der Waals surface area contributed by atoms with E-state index in [2.05, 4.69) is 6.92 Å². The van der Waals surface area contributed by atoms with E-state index in [1.54, 1.807) is 24.3 Å². The summed E-state index contributed by atoms with van der Waals surface area (Å²) >= 11 is 0. The van der Waals surface area contributed by atoms with E-state index in [-0.39, 0.29) is 25.1 Å². The second kappa shape index (κ2) is 9.20. The molecule has 1 atom stereocenters. The lowest BCUT2D eigenvalue weighted by Crippen LogP contribution is -2.38. The van der Waals surface area contributed by atoms with Crippen LogP contribution in [0.1, 0.15) is 37.6 Å². The first-order chi connectivity index (χ1) is 10.6. The first-order valence-electron chi connectivity index (χ1n) is 7.59. The second-order valence-electron chi connectivity index (χ2n) is 5.13. The van der Waals surface area contributed by atoms with Crippen LogP contribution in [0.25, 0.3) is 0 Å². The van der Waals surface area contributed by atoms with Gasteiger partial charge in [0.25, 0.3) is 5.91 Å². The fraction of sp³-hybridized carbons (Fsp3) is 0.471. The summed E-state index contributed by atoms with van der Waals surface area (Å²) < 4.78 is 17.8. The first-order valence-corrected chi connectivity index (χ1v) is 7.59. The number of hydrogen-bond donors (Lipinski definition) is 1. The molecule has 0 aliphatic rings. The molecule has 0 aliphatic heterocycles. The smallest absolute Gasteiger partial charge is 0.254 e. The highest BCUT2D eigenvalue weighted by Crippen LogP contribution is 2.16. The third-order valence-electron chi connectivity index (χ3n) is 3.67. The van der Waals surface area contributed by atoms with Gasteiger partial charge in [0.15, 0.2) is 0 Å². The van der Waals surface area contributed by atoms with Crippen LogP contribution >= 0.6 is 0 Å². The van der Waals surface area contributed by atoms with Crippen molar-refractivity contribution in [2.24, 2.45) is 5.73 Å². The predicted molar refractivity (Wildman–Crippen MR) is 86.6 cm³/mol. The summed E-state index contributed by atoms with van der Waals surface area (Å²) in [5.41, 5.74) is 6.37. The van der Waals surface area contributed by atoms with Gasteiger partial charge in [0.05, 0.1) is 6.33 Å². The van der Waals surface area contributed by atoms with Crippen LogP contribution in [0, 0.1) is 0 Å². The van der Waals surface area contributed by atoms with E-state index in [9.17, 15) is 9.18 Å². The molecule has 122 valence electrons. The van der Waals surface area contributed by atoms with Crippen LogP contribution < -0.4 is 10.5 Å². The molecule has 1 rings (SSSR count). The molecule has 0 aromatic heterocycles. The van der Waals surface area contributed by atoms with E-state index >= 15 is 0 Å². The lowest BCUT2D eigenvalue weighted by molar-refractivity contribution is 0.0700. The summed E-state index contributed by atoms with van der Waals surface area (Å²) in [5, 5.41) is 0. The summed E-state index contributed by atoms with van der Waals surface area (Å²) in [6.07, 6.45) is 1.38. The quantitative estimate of drug-likeness (QED) is 0.802. The summed E-state index contributed by atoms with van der Waals surface area (Å²) in [7, 11) is 0. The molecule has 0 heterocycles. The topological polar surface area (TPSA) is 55.6 Å². The maximum atomic E-state index is 12.5. The van der Waals surface area contributed by atoms with Crippen molar-refractivity contribution in [1.29, 1.82) is 0 Å². The lowest BCUT2D eigenvalue weighted by atomic mass is 10.1. The zero-order chi connectivity index (χ0) is 16.5. The maximum Gasteiger partial charge on any atom is 0.254 e. The normalized spacial score (nSPS) is 12.9. The Morgan fingerprint density at radius 3 is 2.45 bits per heavy atom. The molecule has 0 saturated heterocycles. The Labute approximate surface area is 131 Å². The standard InChI is InChI=1S/C17H25FN2O2/c1-4-13(3)20(5-2)17(21)15-6-8-16(9-7-15)22-12-14(10-18)11-19/h6-10,13H,4-5,11-12,19H2,1-3H3. The average molecular weight is 308 g/mol. The number of carbonyl (C=O) groups is 1. The summed E-state index contributed by atoms with van der Waals surface area (Å²) in [5.74, 6) is 0.589. The maximum absolute atomic E-state index is 12.5. The third-order valence-corrected chi connectivity index (χ3v) is 3.67. The van der Waals surface area contributed by atoms with Gasteiger partial charge in [0, 0.05) is 30.3 Å². The molecule has 22 heavy (non-hydrogen) atoms. The lowest BCUT2D eigenvalue weighted by Gasteiger charge is -2.27. The number of rotatable bonds is 8. The van der Waals surface area contributed by atoms with Crippen LogP contribution in [0.2, 0.25) is 0 Å². The van der Waals surface area contributed by atoms with Gasteiger partial charge in [-0.2, -0.15) is 0 Å². The Morgan fingerprint density at radius 2 is 2.00 bits per heavy atom. The van der Waals surface area contributed by atoms with Crippen LogP contribution in [-0.4, -0.2) is 36.5 Å². The van der Waals surface area contributed by atoms with E-state index in [0.29, 0.717) is 29.8 Å². The molecule has 0 spiro atoms. The van der Waals surface area contributed by atoms with Crippen molar-refractivity contribution in [1.82, 2.24) is 4.90 Å². The molecule has 5 heteroatoms. The van der Waals surface area contributed by atoms with E-state index in [0.717, 1.165) is 6.42 Å². The first kappa shape index (κ1) is 18.2. The molecular weight excluding hydrogens is 283 g/mol. The number of nitrogens with zero attached hydrogens (tertiary/aromatic N) is 1. The molecule has 0 aliphatic carbocycles. The number of halogens is 1. The Balaban J connectivity index is 2.73. The molecule has 1 aromatic rings. The summed E-state index contributed by atoms with van der Waals surface area (Å²) in [4.78, 5) is 14.3. The van der Waals surface area contributed by atoms with Gasteiger partial charge in [-0.15, -0.1) is 0 Å². The van der Waals surface area contributed by atoms with Crippen molar-refractivity contribution in [3.63, 3.8) is 0 Å². The minimum atomic E-state index is 0.00898. The molecule has 0 radical (unpaired) electrons. The van der Waals surface area contributed by atoms with Gasteiger partial charge in [-0.1, -0.05) is 6.92 Å². The number of hydrogen-bond acceptors (Lipinski definition) is 3. The highest BCUT2D eigenvalue weighted by Gasteiger charge is 2.18.